The molecule has 2 unspecified atom stereocenters. The number of benzene rings is 1. The fourth-order valence-electron chi connectivity index (χ4n) is 3.69. The van der Waals surface area contributed by atoms with Gasteiger partial charge in [0.1, 0.15) is 18.5 Å². The number of guanidine groups is 1. The van der Waals surface area contributed by atoms with Crippen LogP contribution in [-0.2, 0) is 10.9 Å². The Balaban J connectivity index is 0.00000320. The standard InChI is InChI=1S/C20H28F3N3O3.HI/c1-2-24-18(26-9-7-19(13-26)8-10-28-14-19)25-11-16(27)12-29-17-5-3-15(4-6-17)20(21,22)23;/h3-6,16,27H,2,7-14H2,1H3,(H,24,25);1H. The van der Waals surface area contributed by atoms with Crippen LogP contribution in [0.3, 0.4) is 0 Å². The number of aliphatic hydroxyl groups is 1. The molecule has 0 radical (unpaired) electrons. The van der Waals surface area contributed by atoms with Crippen molar-refractivity contribution in [2.24, 2.45) is 10.4 Å². The summed E-state index contributed by atoms with van der Waals surface area (Å²) in [5.74, 6) is 1.03. The third-order valence-electron chi connectivity index (χ3n) is 5.33. The second-order valence-corrected chi connectivity index (χ2v) is 7.66. The highest BCUT2D eigenvalue weighted by molar-refractivity contribution is 14.0. The first kappa shape index (κ1) is 25.0. The van der Waals surface area contributed by atoms with Crippen LogP contribution < -0.4 is 10.1 Å². The molecular formula is C20H29F3IN3O3. The highest BCUT2D eigenvalue weighted by atomic mass is 127. The summed E-state index contributed by atoms with van der Waals surface area (Å²) in [6, 6.07) is 4.41. The van der Waals surface area contributed by atoms with Crippen LogP contribution in [0, 0.1) is 5.41 Å². The molecule has 2 aliphatic heterocycles. The number of alkyl halides is 3. The third-order valence-corrected chi connectivity index (χ3v) is 5.33. The molecule has 1 spiro atoms. The predicted molar refractivity (Wildman–Crippen MR) is 118 cm³/mol. The Bertz CT molecular complexity index is 695. The van der Waals surface area contributed by atoms with Crippen molar-refractivity contribution in [1.29, 1.82) is 0 Å². The van der Waals surface area contributed by atoms with Crippen LogP contribution in [0.15, 0.2) is 29.3 Å². The largest absolute Gasteiger partial charge is 0.491 e. The van der Waals surface area contributed by atoms with Crippen LogP contribution in [0.2, 0.25) is 0 Å². The Morgan fingerprint density at radius 2 is 2.07 bits per heavy atom. The van der Waals surface area contributed by atoms with E-state index in [1.54, 1.807) is 0 Å². The summed E-state index contributed by atoms with van der Waals surface area (Å²) in [5.41, 5.74) is -0.526. The van der Waals surface area contributed by atoms with E-state index in [4.69, 9.17) is 9.47 Å². The van der Waals surface area contributed by atoms with Crippen molar-refractivity contribution in [3.63, 3.8) is 0 Å². The molecule has 0 bridgehead atoms. The Labute approximate surface area is 191 Å². The van der Waals surface area contributed by atoms with Crippen molar-refractivity contribution in [1.82, 2.24) is 10.2 Å². The van der Waals surface area contributed by atoms with Crippen molar-refractivity contribution in [2.75, 3.05) is 46.0 Å². The molecule has 0 saturated carbocycles. The van der Waals surface area contributed by atoms with Gasteiger partial charge in [-0.3, -0.25) is 4.99 Å². The van der Waals surface area contributed by atoms with E-state index in [1.165, 1.54) is 12.1 Å². The summed E-state index contributed by atoms with van der Waals surface area (Å²) in [6.07, 6.45) is -3.12. The summed E-state index contributed by atoms with van der Waals surface area (Å²) >= 11 is 0. The predicted octanol–water partition coefficient (Wildman–Crippen LogP) is 3.14. The minimum atomic E-state index is -4.38. The first-order chi connectivity index (χ1) is 13.8. The molecule has 0 aromatic heterocycles. The maximum atomic E-state index is 12.6. The number of halogens is 4. The van der Waals surface area contributed by atoms with Gasteiger partial charge in [0.15, 0.2) is 5.96 Å². The monoisotopic (exact) mass is 543 g/mol. The van der Waals surface area contributed by atoms with Crippen LogP contribution in [0.1, 0.15) is 25.3 Å². The lowest BCUT2D eigenvalue weighted by Gasteiger charge is -2.25. The summed E-state index contributed by atoms with van der Waals surface area (Å²) in [6.45, 7) is 6.18. The SMILES string of the molecule is CCNC(=NCC(O)COc1ccc(C(F)(F)F)cc1)N1CCC2(CCOC2)C1.I. The van der Waals surface area contributed by atoms with E-state index in [9.17, 15) is 18.3 Å². The number of hydrogen-bond acceptors (Lipinski definition) is 4. The lowest BCUT2D eigenvalue weighted by Crippen LogP contribution is -2.42. The quantitative estimate of drug-likeness (QED) is 0.328. The molecule has 2 fully saturated rings. The number of ether oxygens (including phenoxy) is 2. The first-order valence-electron chi connectivity index (χ1n) is 9.90. The molecular weight excluding hydrogens is 514 g/mol. The zero-order valence-corrected chi connectivity index (χ0v) is 19.3. The van der Waals surface area contributed by atoms with Crippen molar-refractivity contribution in [2.45, 2.75) is 32.0 Å². The summed E-state index contributed by atoms with van der Waals surface area (Å²) < 4.78 is 48.7. The van der Waals surface area contributed by atoms with E-state index in [2.05, 4.69) is 15.2 Å². The highest BCUT2D eigenvalue weighted by Crippen LogP contribution is 2.38. The van der Waals surface area contributed by atoms with Gasteiger partial charge in [-0.05, 0) is 44.0 Å². The zero-order valence-electron chi connectivity index (χ0n) is 17.0. The Morgan fingerprint density at radius 3 is 2.67 bits per heavy atom. The average Bonchev–Trinajstić information content (AvgIpc) is 3.33. The van der Waals surface area contributed by atoms with E-state index in [-0.39, 0.29) is 48.3 Å². The molecule has 0 amide bonds. The van der Waals surface area contributed by atoms with Gasteiger partial charge in [-0.2, -0.15) is 13.2 Å². The summed E-state index contributed by atoms with van der Waals surface area (Å²) in [5, 5.41) is 13.4. The molecule has 3 rings (SSSR count). The number of aliphatic imine (C=N–C) groups is 1. The normalized spacial score (nSPS) is 22.8. The van der Waals surface area contributed by atoms with E-state index < -0.39 is 17.8 Å². The second kappa shape index (κ2) is 10.9. The van der Waals surface area contributed by atoms with Gasteiger partial charge >= 0.3 is 6.18 Å². The van der Waals surface area contributed by atoms with Gasteiger partial charge in [0.25, 0.3) is 0 Å². The van der Waals surface area contributed by atoms with E-state index >= 15 is 0 Å². The first-order valence-corrected chi connectivity index (χ1v) is 9.90. The van der Waals surface area contributed by atoms with E-state index in [1.807, 2.05) is 6.92 Å². The van der Waals surface area contributed by atoms with Gasteiger partial charge in [-0.25, -0.2) is 0 Å². The fourth-order valence-corrected chi connectivity index (χ4v) is 3.69. The number of likely N-dealkylation sites (tertiary alicyclic amines) is 1. The van der Waals surface area contributed by atoms with Crippen LogP contribution >= 0.6 is 24.0 Å². The van der Waals surface area contributed by atoms with Gasteiger partial charge in [0, 0.05) is 31.7 Å². The molecule has 2 aliphatic rings. The smallest absolute Gasteiger partial charge is 0.416 e. The van der Waals surface area contributed by atoms with E-state index in [0.29, 0.717) is 0 Å². The molecule has 0 aliphatic carbocycles. The van der Waals surface area contributed by atoms with Crippen molar-refractivity contribution >= 4 is 29.9 Å². The van der Waals surface area contributed by atoms with E-state index in [0.717, 1.165) is 63.8 Å². The highest BCUT2D eigenvalue weighted by Gasteiger charge is 2.42. The van der Waals surface area contributed by atoms with Gasteiger partial charge in [-0.1, -0.05) is 0 Å². The third kappa shape index (κ3) is 6.61. The molecule has 2 N–H and O–H groups in total. The molecule has 1 aromatic rings. The molecule has 6 nitrogen and oxygen atoms in total. The molecule has 2 heterocycles. The molecule has 30 heavy (non-hydrogen) atoms. The maximum absolute atomic E-state index is 12.6. The Hall–Kier alpha value is -1.27. The zero-order chi connectivity index (χ0) is 20.9. The lowest BCUT2D eigenvalue weighted by atomic mass is 9.87. The number of aliphatic hydroxyl groups excluding tert-OH is 1. The summed E-state index contributed by atoms with van der Waals surface area (Å²) in [7, 11) is 0. The summed E-state index contributed by atoms with van der Waals surface area (Å²) in [4.78, 5) is 6.72. The molecule has 170 valence electrons. The van der Waals surface area contributed by atoms with Crippen LogP contribution in [-0.4, -0.2) is 68.1 Å². The van der Waals surface area contributed by atoms with Crippen LogP contribution in [0.5, 0.6) is 5.75 Å². The minimum absolute atomic E-state index is 0. The Morgan fingerprint density at radius 1 is 1.33 bits per heavy atom. The molecule has 1 aromatic carbocycles. The Kier molecular flexibility index (Phi) is 9.04. The lowest BCUT2D eigenvalue weighted by molar-refractivity contribution is -0.137. The van der Waals surface area contributed by atoms with Gasteiger partial charge in [0.2, 0.25) is 0 Å². The van der Waals surface area contributed by atoms with Gasteiger partial charge in [0.05, 0.1) is 18.7 Å². The molecule has 2 saturated heterocycles. The van der Waals surface area contributed by atoms with Crippen LogP contribution in [0.25, 0.3) is 0 Å². The van der Waals surface area contributed by atoms with Crippen molar-refractivity contribution in [3.8, 4) is 5.75 Å². The van der Waals surface area contributed by atoms with Gasteiger partial charge in [-0.15, -0.1) is 24.0 Å². The molecule has 10 heteroatoms. The van der Waals surface area contributed by atoms with Crippen molar-refractivity contribution in [3.05, 3.63) is 29.8 Å². The number of nitrogens with zero attached hydrogens (tertiary/aromatic N) is 2. The minimum Gasteiger partial charge on any atom is -0.491 e. The molecule has 2 atom stereocenters. The average molecular weight is 543 g/mol. The van der Waals surface area contributed by atoms with Crippen LogP contribution in [0.4, 0.5) is 13.2 Å². The number of rotatable bonds is 6. The maximum Gasteiger partial charge on any atom is 0.416 e. The second-order valence-electron chi connectivity index (χ2n) is 7.66. The number of hydrogen-bond donors (Lipinski definition) is 2. The fraction of sp³-hybridized carbons (Fsp3) is 0.650. The topological polar surface area (TPSA) is 66.3 Å². The van der Waals surface area contributed by atoms with Gasteiger partial charge < -0.3 is 24.8 Å². The van der Waals surface area contributed by atoms with Crippen molar-refractivity contribution < 1.29 is 27.8 Å². The number of nitrogens with one attached hydrogen (secondary N) is 1.